The van der Waals surface area contributed by atoms with Crippen LogP contribution < -0.4 is 5.73 Å². The zero-order valence-corrected chi connectivity index (χ0v) is 10.2. The molecule has 1 atom stereocenters. The van der Waals surface area contributed by atoms with Crippen molar-refractivity contribution in [1.82, 2.24) is 4.90 Å². The fourth-order valence-electron chi connectivity index (χ4n) is 1.62. The first-order valence-electron chi connectivity index (χ1n) is 5.72. The van der Waals surface area contributed by atoms with Crippen LogP contribution in [0, 0.1) is 6.92 Å². The standard InChI is InChI=1S/C13H22N2O/c1-11-3-5-12(6-4-11)7-8-15(2)9-13(14)10-16/h3-6,13,16H,7-10,14H2,1-2H3. The number of hydrogen-bond acceptors (Lipinski definition) is 3. The van der Waals surface area contributed by atoms with E-state index in [2.05, 4.69) is 36.1 Å². The molecule has 3 N–H and O–H groups in total. The van der Waals surface area contributed by atoms with Crippen molar-refractivity contribution in [1.29, 1.82) is 0 Å². The molecule has 0 spiro atoms. The first-order valence-corrected chi connectivity index (χ1v) is 5.72. The Morgan fingerprint density at radius 3 is 2.50 bits per heavy atom. The molecule has 0 amide bonds. The topological polar surface area (TPSA) is 49.5 Å². The Balaban J connectivity index is 2.31. The minimum absolute atomic E-state index is 0.0505. The highest BCUT2D eigenvalue weighted by atomic mass is 16.3. The molecule has 3 nitrogen and oxygen atoms in total. The van der Waals surface area contributed by atoms with E-state index in [4.69, 9.17) is 10.8 Å². The summed E-state index contributed by atoms with van der Waals surface area (Å²) in [7, 11) is 2.03. The van der Waals surface area contributed by atoms with Crippen molar-refractivity contribution < 1.29 is 5.11 Å². The number of nitrogens with two attached hydrogens (primary N) is 1. The maximum absolute atomic E-state index is 8.85. The molecular weight excluding hydrogens is 200 g/mol. The van der Waals surface area contributed by atoms with E-state index >= 15 is 0 Å². The highest BCUT2D eigenvalue weighted by Crippen LogP contribution is 2.04. The Morgan fingerprint density at radius 2 is 1.94 bits per heavy atom. The van der Waals surface area contributed by atoms with Crippen LogP contribution in [0.25, 0.3) is 0 Å². The number of aliphatic hydroxyl groups excluding tert-OH is 1. The van der Waals surface area contributed by atoms with Crippen LogP contribution in [-0.2, 0) is 6.42 Å². The zero-order chi connectivity index (χ0) is 12.0. The van der Waals surface area contributed by atoms with E-state index in [0.29, 0.717) is 0 Å². The second-order valence-electron chi connectivity index (χ2n) is 4.44. The summed E-state index contributed by atoms with van der Waals surface area (Å²) < 4.78 is 0. The minimum atomic E-state index is -0.136. The van der Waals surface area contributed by atoms with Gasteiger partial charge in [-0.05, 0) is 26.0 Å². The van der Waals surface area contributed by atoms with Crippen molar-refractivity contribution in [3.05, 3.63) is 35.4 Å². The second kappa shape index (κ2) is 6.63. The van der Waals surface area contributed by atoms with E-state index in [1.54, 1.807) is 0 Å². The van der Waals surface area contributed by atoms with Gasteiger partial charge in [0.1, 0.15) is 0 Å². The van der Waals surface area contributed by atoms with Crippen LogP contribution in [0.2, 0.25) is 0 Å². The van der Waals surface area contributed by atoms with Crippen molar-refractivity contribution in [2.75, 3.05) is 26.7 Å². The largest absolute Gasteiger partial charge is 0.395 e. The Labute approximate surface area is 97.9 Å². The number of aliphatic hydroxyl groups is 1. The molecule has 0 bridgehead atoms. The summed E-state index contributed by atoms with van der Waals surface area (Å²) in [4.78, 5) is 2.15. The minimum Gasteiger partial charge on any atom is -0.395 e. The SMILES string of the molecule is Cc1ccc(CCN(C)CC(N)CO)cc1. The summed E-state index contributed by atoms with van der Waals surface area (Å²) in [6, 6.07) is 8.46. The monoisotopic (exact) mass is 222 g/mol. The molecule has 90 valence electrons. The number of hydrogen-bond donors (Lipinski definition) is 2. The van der Waals surface area contributed by atoms with Gasteiger partial charge in [-0.1, -0.05) is 29.8 Å². The van der Waals surface area contributed by atoms with E-state index < -0.39 is 0 Å². The van der Waals surface area contributed by atoms with Gasteiger partial charge in [-0.25, -0.2) is 0 Å². The van der Waals surface area contributed by atoms with Crippen LogP contribution in [0.4, 0.5) is 0 Å². The molecule has 0 aromatic heterocycles. The Hall–Kier alpha value is -0.900. The third-order valence-electron chi connectivity index (χ3n) is 2.68. The van der Waals surface area contributed by atoms with Crippen molar-refractivity contribution in [2.45, 2.75) is 19.4 Å². The van der Waals surface area contributed by atoms with Crippen LogP contribution >= 0.6 is 0 Å². The fraction of sp³-hybridized carbons (Fsp3) is 0.538. The smallest absolute Gasteiger partial charge is 0.0595 e. The average molecular weight is 222 g/mol. The summed E-state index contributed by atoms with van der Waals surface area (Å²) in [5.74, 6) is 0. The average Bonchev–Trinajstić information content (AvgIpc) is 2.28. The molecule has 0 radical (unpaired) electrons. The summed E-state index contributed by atoms with van der Waals surface area (Å²) in [5, 5.41) is 8.85. The normalized spacial score (nSPS) is 13.1. The third kappa shape index (κ3) is 4.75. The van der Waals surface area contributed by atoms with Gasteiger partial charge >= 0.3 is 0 Å². The predicted molar refractivity (Wildman–Crippen MR) is 67.4 cm³/mol. The molecule has 0 saturated carbocycles. The van der Waals surface area contributed by atoms with E-state index in [0.717, 1.165) is 19.5 Å². The number of benzene rings is 1. The third-order valence-corrected chi connectivity index (χ3v) is 2.68. The summed E-state index contributed by atoms with van der Waals surface area (Å²) in [6.45, 7) is 3.85. The van der Waals surface area contributed by atoms with E-state index in [1.807, 2.05) is 7.05 Å². The van der Waals surface area contributed by atoms with Crippen LogP contribution in [0.15, 0.2) is 24.3 Å². The maximum atomic E-state index is 8.85. The Bertz CT molecular complexity index is 297. The quantitative estimate of drug-likeness (QED) is 0.748. The highest BCUT2D eigenvalue weighted by Gasteiger charge is 2.05. The molecule has 0 aliphatic carbocycles. The van der Waals surface area contributed by atoms with Crippen LogP contribution in [-0.4, -0.2) is 42.8 Å². The summed E-state index contributed by atoms with van der Waals surface area (Å²) >= 11 is 0. The number of aryl methyl sites for hydroxylation is 1. The lowest BCUT2D eigenvalue weighted by atomic mass is 10.1. The van der Waals surface area contributed by atoms with Crippen molar-refractivity contribution in [2.24, 2.45) is 5.73 Å². The van der Waals surface area contributed by atoms with Gasteiger partial charge in [-0.15, -0.1) is 0 Å². The molecule has 0 fully saturated rings. The van der Waals surface area contributed by atoms with E-state index in [-0.39, 0.29) is 12.6 Å². The molecule has 1 unspecified atom stereocenters. The van der Waals surface area contributed by atoms with Crippen molar-refractivity contribution >= 4 is 0 Å². The summed E-state index contributed by atoms with van der Waals surface area (Å²) in [6.07, 6.45) is 1.02. The van der Waals surface area contributed by atoms with Crippen molar-refractivity contribution in [3.63, 3.8) is 0 Å². The summed E-state index contributed by atoms with van der Waals surface area (Å²) in [5.41, 5.74) is 8.30. The molecule has 1 aromatic rings. The van der Waals surface area contributed by atoms with Gasteiger partial charge in [-0.3, -0.25) is 0 Å². The van der Waals surface area contributed by atoms with Crippen LogP contribution in [0.5, 0.6) is 0 Å². The lowest BCUT2D eigenvalue weighted by Gasteiger charge is -2.19. The number of likely N-dealkylation sites (N-methyl/N-ethyl adjacent to an activating group) is 1. The first kappa shape index (κ1) is 13.2. The number of nitrogens with zero attached hydrogens (tertiary/aromatic N) is 1. The van der Waals surface area contributed by atoms with Gasteiger partial charge < -0.3 is 15.7 Å². The molecule has 1 aromatic carbocycles. The van der Waals surface area contributed by atoms with E-state index in [9.17, 15) is 0 Å². The fourth-order valence-corrected chi connectivity index (χ4v) is 1.62. The van der Waals surface area contributed by atoms with Gasteiger partial charge in [0.2, 0.25) is 0 Å². The molecule has 0 aliphatic heterocycles. The first-order chi connectivity index (χ1) is 7.61. The highest BCUT2D eigenvalue weighted by molar-refractivity contribution is 5.21. The predicted octanol–water partition coefficient (Wildman–Crippen LogP) is 0.789. The second-order valence-corrected chi connectivity index (χ2v) is 4.44. The Morgan fingerprint density at radius 1 is 1.31 bits per heavy atom. The maximum Gasteiger partial charge on any atom is 0.0595 e. The van der Waals surface area contributed by atoms with Crippen LogP contribution in [0.1, 0.15) is 11.1 Å². The molecule has 1 rings (SSSR count). The van der Waals surface area contributed by atoms with Gasteiger partial charge in [0.25, 0.3) is 0 Å². The Kier molecular flexibility index (Phi) is 5.46. The van der Waals surface area contributed by atoms with Crippen molar-refractivity contribution in [3.8, 4) is 0 Å². The van der Waals surface area contributed by atoms with Gasteiger partial charge in [0.15, 0.2) is 0 Å². The molecular formula is C13H22N2O. The van der Waals surface area contributed by atoms with Gasteiger partial charge in [0, 0.05) is 19.1 Å². The lowest BCUT2D eigenvalue weighted by Crippen LogP contribution is -2.38. The van der Waals surface area contributed by atoms with E-state index in [1.165, 1.54) is 11.1 Å². The van der Waals surface area contributed by atoms with Gasteiger partial charge in [-0.2, -0.15) is 0 Å². The lowest BCUT2D eigenvalue weighted by molar-refractivity contribution is 0.223. The molecule has 0 heterocycles. The molecule has 16 heavy (non-hydrogen) atoms. The zero-order valence-electron chi connectivity index (χ0n) is 10.2. The molecule has 0 saturated heterocycles. The molecule has 3 heteroatoms. The number of rotatable bonds is 6. The molecule has 0 aliphatic rings. The van der Waals surface area contributed by atoms with Crippen LogP contribution in [0.3, 0.4) is 0 Å². The van der Waals surface area contributed by atoms with Gasteiger partial charge in [0.05, 0.1) is 6.61 Å².